The molecule has 17 heavy (non-hydrogen) atoms. The lowest BCUT2D eigenvalue weighted by Crippen LogP contribution is -2.16. The molecule has 2 rings (SSSR count). The average molecular weight is 236 g/mol. The van der Waals surface area contributed by atoms with E-state index in [1.165, 1.54) is 12.1 Å². The van der Waals surface area contributed by atoms with E-state index in [1.807, 2.05) is 13.8 Å². The molecule has 0 saturated heterocycles. The van der Waals surface area contributed by atoms with E-state index in [9.17, 15) is 4.39 Å². The standard InChI is InChI=1S/C11H13FN4O/c1-6(2)9(13)11-15-10(16-17-11)8-4-3-7(12)5-14-8/h3-6,9H,13H2,1-2H3/t9-/m0/s1. The third kappa shape index (κ3) is 2.47. The summed E-state index contributed by atoms with van der Waals surface area (Å²) >= 11 is 0. The molecule has 0 aromatic carbocycles. The summed E-state index contributed by atoms with van der Waals surface area (Å²) in [4.78, 5) is 8.01. The van der Waals surface area contributed by atoms with Gasteiger partial charge in [-0.15, -0.1) is 0 Å². The van der Waals surface area contributed by atoms with Gasteiger partial charge in [0.2, 0.25) is 11.7 Å². The van der Waals surface area contributed by atoms with Crippen LogP contribution in [0.25, 0.3) is 11.5 Å². The SMILES string of the molecule is CC(C)[C@H](N)c1nc(-c2ccc(F)cn2)no1. The number of hydrogen-bond acceptors (Lipinski definition) is 5. The molecule has 0 spiro atoms. The Labute approximate surface area is 97.9 Å². The highest BCUT2D eigenvalue weighted by Gasteiger charge is 2.18. The van der Waals surface area contributed by atoms with Gasteiger partial charge in [-0.25, -0.2) is 9.37 Å². The number of nitrogens with zero attached hydrogens (tertiary/aromatic N) is 3. The summed E-state index contributed by atoms with van der Waals surface area (Å²) in [5.41, 5.74) is 6.33. The van der Waals surface area contributed by atoms with Gasteiger partial charge in [0.05, 0.1) is 12.2 Å². The third-order valence-electron chi connectivity index (χ3n) is 2.40. The zero-order valence-corrected chi connectivity index (χ0v) is 9.59. The van der Waals surface area contributed by atoms with Crippen molar-refractivity contribution in [1.82, 2.24) is 15.1 Å². The summed E-state index contributed by atoms with van der Waals surface area (Å²) in [5, 5.41) is 3.77. The van der Waals surface area contributed by atoms with Crippen molar-refractivity contribution in [3.63, 3.8) is 0 Å². The molecule has 2 N–H and O–H groups in total. The molecule has 0 unspecified atom stereocenters. The normalized spacial score (nSPS) is 13.0. The van der Waals surface area contributed by atoms with E-state index in [0.717, 1.165) is 6.20 Å². The smallest absolute Gasteiger partial charge is 0.244 e. The van der Waals surface area contributed by atoms with Crippen LogP contribution in [0.4, 0.5) is 4.39 Å². The van der Waals surface area contributed by atoms with Crippen molar-refractivity contribution in [2.24, 2.45) is 11.7 Å². The Morgan fingerprint density at radius 2 is 2.12 bits per heavy atom. The van der Waals surface area contributed by atoms with Crippen LogP contribution in [0.1, 0.15) is 25.8 Å². The molecule has 0 fully saturated rings. The van der Waals surface area contributed by atoms with Gasteiger partial charge in [0, 0.05) is 0 Å². The van der Waals surface area contributed by atoms with Crippen LogP contribution in [-0.4, -0.2) is 15.1 Å². The van der Waals surface area contributed by atoms with E-state index >= 15 is 0 Å². The van der Waals surface area contributed by atoms with Crippen LogP contribution in [0.2, 0.25) is 0 Å². The second-order valence-corrected chi connectivity index (χ2v) is 4.09. The minimum atomic E-state index is -0.406. The van der Waals surface area contributed by atoms with Crippen LogP contribution < -0.4 is 5.73 Å². The quantitative estimate of drug-likeness (QED) is 0.880. The van der Waals surface area contributed by atoms with Crippen molar-refractivity contribution < 1.29 is 8.91 Å². The zero-order valence-electron chi connectivity index (χ0n) is 9.59. The molecule has 0 aliphatic carbocycles. The summed E-state index contributed by atoms with van der Waals surface area (Å²) in [6, 6.07) is 2.47. The van der Waals surface area contributed by atoms with Gasteiger partial charge in [-0.1, -0.05) is 19.0 Å². The zero-order chi connectivity index (χ0) is 12.4. The first-order chi connectivity index (χ1) is 8.08. The molecule has 2 heterocycles. The second kappa shape index (κ2) is 4.58. The van der Waals surface area contributed by atoms with Gasteiger partial charge in [0.15, 0.2) is 0 Å². The van der Waals surface area contributed by atoms with E-state index in [1.54, 1.807) is 0 Å². The highest BCUT2D eigenvalue weighted by molar-refractivity contribution is 5.47. The van der Waals surface area contributed by atoms with Gasteiger partial charge in [-0.05, 0) is 18.1 Å². The Morgan fingerprint density at radius 1 is 1.35 bits per heavy atom. The molecule has 2 aromatic heterocycles. The van der Waals surface area contributed by atoms with Crippen molar-refractivity contribution in [1.29, 1.82) is 0 Å². The van der Waals surface area contributed by atoms with Gasteiger partial charge in [-0.2, -0.15) is 4.98 Å². The highest BCUT2D eigenvalue weighted by Crippen LogP contribution is 2.20. The monoisotopic (exact) mass is 236 g/mol. The summed E-state index contributed by atoms with van der Waals surface area (Å²) in [5.74, 6) is 0.470. The maximum Gasteiger partial charge on any atom is 0.244 e. The minimum absolute atomic E-state index is 0.199. The fourth-order valence-corrected chi connectivity index (χ4v) is 1.27. The maximum absolute atomic E-state index is 12.7. The van der Waals surface area contributed by atoms with Crippen LogP contribution in [0.15, 0.2) is 22.9 Å². The molecule has 0 amide bonds. The van der Waals surface area contributed by atoms with Crippen molar-refractivity contribution >= 4 is 0 Å². The van der Waals surface area contributed by atoms with Gasteiger partial charge < -0.3 is 10.3 Å². The molecule has 0 bridgehead atoms. The predicted octanol–water partition coefficient (Wildman–Crippen LogP) is 1.93. The Balaban J connectivity index is 2.26. The summed E-state index contributed by atoms with van der Waals surface area (Å²) in [7, 11) is 0. The molecule has 5 nitrogen and oxygen atoms in total. The molecule has 1 atom stereocenters. The first-order valence-corrected chi connectivity index (χ1v) is 5.29. The molecule has 2 aromatic rings. The van der Waals surface area contributed by atoms with Gasteiger partial charge in [-0.3, -0.25) is 0 Å². The van der Waals surface area contributed by atoms with E-state index in [0.29, 0.717) is 17.4 Å². The third-order valence-corrected chi connectivity index (χ3v) is 2.40. The van der Waals surface area contributed by atoms with Crippen LogP contribution in [-0.2, 0) is 0 Å². The van der Waals surface area contributed by atoms with Crippen molar-refractivity contribution in [3.05, 3.63) is 30.0 Å². The van der Waals surface area contributed by atoms with E-state index in [2.05, 4.69) is 15.1 Å². The summed E-state index contributed by atoms with van der Waals surface area (Å²) < 4.78 is 17.7. The first kappa shape index (κ1) is 11.7. The molecular formula is C11H13FN4O. The molecule has 6 heteroatoms. The lowest BCUT2D eigenvalue weighted by atomic mass is 10.1. The Morgan fingerprint density at radius 3 is 2.71 bits per heavy atom. The predicted molar refractivity (Wildman–Crippen MR) is 59.3 cm³/mol. The minimum Gasteiger partial charge on any atom is -0.337 e. The van der Waals surface area contributed by atoms with E-state index < -0.39 is 5.82 Å². The van der Waals surface area contributed by atoms with Crippen LogP contribution in [0.5, 0.6) is 0 Å². The number of halogens is 1. The number of aromatic nitrogens is 3. The fraction of sp³-hybridized carbons (Fsp3) is 0.364. The Bertz CT molecular complexity index is 494. The van der Waals surface area contributed by atoms with E-state index in [4.69, 9.17) is 10.3 Å². The number of rotatable bonds is 3. The van der Waals surface area contributed by atoms with Crippen molar-refractivity contribution in [2.75, 3.05) is 0 Å². The first-order valence-electron chi connectivity index (χ1n) is 5.29. The van der Waals surface area contributed by atoms with E-state index in [-0.39, 0.29) is 12.0 Å². The number of hydrogen-bond donors (Lipinski definition) is 1. The van der Waals surface area contributed by atoms with Gasteiger partial charge in [0.25, 0.3) is 0 Å². The maximum atomic E-state index is 12.7. The van der Waals surface area contributed by atoms with Crippen molar-refractivity contribution in [2.45, 2.75) is 19.9 Å². The largest absolute Gasteiger partial charge is 0.337 e. The van der Waals surface area contributed by atoms with Crippen LogP contribution >= 0.6 is 0 Å². The van der Waals surface area contributed by atoms with Crippen LogP contribution in [0.3, 0.4) is 0 Å². The molecular weight excluding hydrogens is 223 g/mol. The van der Waals surface area contributed by atoms with Gasteiger partial charge in [0.1, 0.15) is 11.5 Å². The summed E-state index contributed by atoms with van der Waals surface area (Å²) in [6.07, 6.45) is 1.10. The Kier molecular flexibility index (Phi) is 3.14. The highest BCUT2D eigenvalue weighted by atomic mass is 19.1. The second-order valence-electron chi connectivity index (χ2n) is 4.09. The lowest BCUT2D eigenvalue weighted by Gasteiger charge is -2.09. The number of pyridine rings is 1. The van der Waals surface area contributed by atoms with Gasteiger partial charge >= 0.3 is 0 Å². The van der Waals surface area contributed by atoms with Crippen LogP contribution in [0, 0.1) is 11.7 Å². The molecule has 0 aliphatic rings. The molecule has 0 saturated carbocycles. The Hall–Kier alpha value is -1.82. The molecule has 90 valence electrons. The topological polar surface area (TPSA) is 77.8 Å². The fourth-order valence-electron chi connectivity index (χ4n) is 1.27. The summed E-state index contributed by atoms with van der Waals surface area (Å²) in [6.45, 7) is 3.93. The number of nitrogens with two attached hydrogens (primary N) is 1. The lowest BCUT2D eigenvalue weighted by molar-refractivity contribution is 0.325. The molecule has 0 radical (unpaired) electrons. The molecule has 0 aliphatic heterocycles. The van der Waals surface area contributed by atoms with Crippen molar-refractivity contribution in [3.8, 4) is 11.5 Å². The average Bonchev–Trinajstić information content (AvgIpc) is 2.78.